The molecule has 11 heteroatoms. The first kappa shape index (κ1) is 17.8. The van der Waals surface area contributed by atoms with Crippen molar-refractivity contribution < 1.29 is 32.3 Å². The fourth-order valence-electron chi connectivity index (χ4n) is 2.77. The number of hydrogen-bond acceptors (Lipinski definition) is 4. The number of aliphatic carboxylic acids is 1. The van der Waals surface area contributed by atoms with E-state index in [0.29, 0.717) is 0 Å². The predicted molar refractivity (Wildman–Crippen MR) is 78.0 cm³/mol. The van der Waals surface area contributed by atoms with Crippen molar-refractivity contribution in [3.05, 3.63) is 41.5 Å². The van der Waals surface area contributed by atoms with Crippen molar-refractivity contribution in [3.8, 4) is 5.69 Å². The van der Waals surface area contributed by atoms with Gasteiger partial charge in [0, 0.05) is 13.1 Å². The summed E-state index contributed by atoms with van der Waals surface area (Å²) >= 11 is 0. The Morgan fingerprint density at radius 3 is 2.50 bits per heavy atom. The van der Waals surface area contributed by atoms with Crippen LogP contribution in [0.25, 0.3) is 5.69 Å². The number of carboxylic acids is 1. The van der Waals surface area contributed by atoms with Crippen LogP contribution >= 0.6 is 0 Å². The van der Waals surface area contributed by atoms with Gasteiger partial charge in [-0.05, 0) is 18.6 Å². The lowest BCUT2D eigenvalue weighted by Gasteiger charge is -2.16. The number of aromatic nitrogens is 3. The molecule has 2 aromatic rings. The number of alkyl halides is 3. The molecular weight excluding hydrogens is 360 g/mol. The number of amides is 1. The second kappa shape index (κ2) is 6.39. The molecule has 1 aliphatic heterocycles. The lowest BCUT2D eigenvalue weighted by Crippen LogP contribution is -2.32. The van der Waals surface area contributed by atoms with Crippen LogP contribution in [0.3, 0.4) is 0 Å². The van der Waals surface area contributed by atoms with Gasteiger partial charge in [-0.1, -0.05) is 17.3 Å². The smallest absolute Gasteiger partial charge is 0.435 e. The number of nitrogens with zero attached hydrogens (tertiary/aromatic N) is 4. The fraction of sp³-hybridized carbons (Fsp3) is 0.333. The second-order valence-electron chi connectivity index (χ2n) is 5.72. The highest BCUT2D eigenvalue weighted by atomic mass is 19.4. The summed E-state index contributed by atoms with van der Waals surface area (Å²) < 4.78 is 54.7. The van der Waals surface area contributed by atoms with Crippen LogP contribution in [0.15, 0.2) is 24.3 Å². The van der Waals surface area contributed by atoms with Crippen LogP contribution in [0.5, 0.6) is 0 Å². The maximum Gasteiger partial charge on any atom is 0.435 e. The zero-order valence-electron chi connectivity index (χ0n) is 13.1. The molecule has 138 valence electrons. The van der Waals surface area contributed by atoms with Crippen molar-refractivity contribution in [3.63, 3.8) is 0 Å². The molecule has 1 fully saturated rings. The Morgan fingerprint density at radius 2 is 1.92 bits per heavy atom. The molecule has 26 heavy (non-hydrogen) atoms. The normalized spacial score (nSPS) is 17.5. The van der Waals surface area contributed by atoms with Crippen LogP contribution in [0, 0.1) is 11.7 Å². The molecule has 3 rings (SSSR count). The average Bonchev–Trinajstić information content (AvgIpc) is 3.21. The van der Waals surface area contributed by atoms with E-state index in [2.05, 4.69) is 10.3 Å². The van der Waals surface area contributed by atoms with E-state index in [4.69, 9.17) is 5.11 Å². The molecule has 0 bridgehead atoms. The monoisotopic (exact) mass is 372 g/mol. The molecule has 1 aliphatic rings. The molecule has 1 amide bonds. The largest absolute Gasteiger partial charge is 0.481 e. The molecule has 1 aromatic heterocycles. The first-order valence-electron chi connectivity index (χ1n) is 7.50. The van der Waals surface area contributed by atoms with E-state index in [-0.39, 0.29) is 24.2 Å². The maximum absolute atomic E-state index is 13.9. The van der Waals surface area contributed by atoms with Gasteiger partial charge in [0.1, 0.15) is 11.5 Å². The quantitative estimate of drug-likeness (QED) is 0.833. The minimum Gasteiger partial charge on any atom is -0.481 e. The Kier molecular flexibility index (Phi) is 4.38. The van der Waals surface area contributed by atoms with E-state index in [0.717, 1.165) is 17.0 Å². The van der Waals surface area contributed by atoms with Gasteiger partial charge in [-0.3, -0.25) is 9.59 Å². The van der Waals surface area contributed by atoms with Crippen LogP contribution in [0.4, 0.5) is 17.6 Å². The molecule has 0 spiro atoms. The summed E-state index contributed by atoms with van der Waals surface area (Å²) in [5.41, 5.74) is -3.01. The van der Waals surface area contributed by atoms with Crippen LogP contribution in [0.2, 0.25) is 0 Å². The van der Waals surface area contributed by atoms with Crippen LogP contribution in [0.1, 0.15) is 22.6 Å². The number of rotatable bonds is 3. The zero-order valence-corrected chi connectivity index (χ0v) is 13.1. The van der Waals surface area contributed by atoms with Gasteiger partial charge in [0.05, 0.1) is 5.92 Å². The highest BCUT2D eigenvalue weighted by molar-refractivity contribution is 5.94. The van der Waals surface area contributed by atoms with Gasteiger partial charge >= 0.3 is 12.1 Å². The Hall–Kier alpha value is -2.98. The number of likely N-dealkylation sites (tertiary alicyclic amines) is 1. The average molecular weight is 372 g/mol. The second-order valence-corrected chi connectivity index (χ2v) is 5.72. The van der Waals surface area contributed by atoms with Gasteiger partial charge in [0.25, 0.3) is 5.91 Å². The van der Waals surface area contributed by atoms with Gasteiger partial charge < -0.3 is 10.0 Å². The minimum absolute atomic E-state index is 0.0142. The molecule has 1 saturated heterocycles. The lowest BCUT2D eigenvalue weighted by atomic mass is 10.1. The van der Waals surface area contributed by atoms with Gasteiger partial charge in [0.15, 0.2) is 11.4 Å². The van der Waals surface area contributed by atoms with E-state index < -0.39 is 46.9 Å². The number of halogens is 4. The molecule has 1 unspecified atom stereocenters. The third-order valence-electron chi connectivity index (χ3n) is 4.05. The van der Waals surface area contributed by atoms with E-state index in [1.165, 1.54) is 12.1 Å². The van der Waals surface area contributed by atoms with E-state index in [9.17, 15) is 27.2 Å². The molecule has 0 radical (unpaired) electrons. The Labute approximate surface area is 143 Å². The van der Waals surface area contributed by atoms with Crippen LogP contribution in [-0.4, -0.2) is 50.0 Å². The lowest BCUT2D eigenvalue weighted by molar-refractivity contribution is -0.143. The molecule has 1 N–H and O–H groups in total. The highest BCUT2D eigenvalue weighted by Gasteiger charge is 2.44. The third-order valence-corrected chi connectivity index (χ3v) is 4.05. The van der Waals surface area contributed by atoms with Gasteiger partial charge in [-0.25, -0.2) is 9.07 Å². The number of carboxylic acid groups (broad SMARTS) is 1. The zero-order chi connectivity index (χ0) is 19.1. The fourth-order valence-corrected chi connectivity index (χ4v) is 2.77. The van der Waals surface area contributed by atoms with E-state index in [1.54, 1.807) is 0 Å². The predicted octanol–water partition coefficient (Wildman–Crippen LogP) is 1.97. The van der Waals surface area contributed by atoms with Gasteiger partial charge in [0.2, 0.25) is 0 Å². The first-order chi connectivity index (χ1) is 12.2. The van der Waals surface area contributed by atoms with Crippen molar-refractivity contribution in [1.82, 2.24) is 19.9 Å². The minimum atomic E-state index is -5.03. The Morgan fingerprint density at radius 1 is 1.23 bits per heavy atom. The van der Waals surface area contributed by atoms with Crippen molar-refractivity contribution >= 4 is 11.9 Å². The Bertz CT molecular complexity index is 865. The number of hydrogen-bond donors (Lipinski definition) is 1. The molecule has 7 nitrogen and oxygen atoms in total. The molecule has 0 saturated carbocycles. The Balaban J connectivity index is 2.03. The maximum atomic E-state index is 13.9. The molecule has 0 aliphatic carbocycles. The number of carbonyl (C=O) groups is 2. The van der Waals surface area contributed by atoms with Crippen LogP contribution in [-0.2, 0) is 11.0 Å². The highest BCUT2D eigenvalue weighted by Crippen LogP contribution is 2.34. The molecule has 1 atom stereocenters. The summed E-state index contributed by atoms with van der Waals surface area (Å²) in [5.74, 6) is -4.04. The van der Waals surface area contributed by atoms with Crippen LogP contribution < -0.4 is 0 Å². The number of para-hydroxylation sites is 1. The standard InChI is InChI=1S/C15H12F4N4O3/c16-9-3-1-2-4-10(9)23-12(15(17,18)19)11(20-21-23)13(24)22-6-5-8(7-22)14(25)26/h1-4,8H,5-7H2,(H,25,26). The number of carbonyl (C=O) groups excluding carboxylic acids is 1. The van der Waals surface area contributed by atoms with Crippen molar-refractivity contribution in [2.45, 2.75) is 12.6 Å². The van der Waals surface area contributed by atoms with Gasteiger partial charge in [-0.2, -0.15) is 13.2 Å². The molecular formula is C15H12F4N4O3. The summed E-state index contributed by atoms with van der Waals surface area (Å²) in [6.07, 6.45) is -4.90. The van der Waals surface area contributed by atoms with E-state index in [1.807, 2.05) is 0 Å². The summed E-state index contributed by atoms with van der Waals surface area (Å²) in [6, 6.07) is 4.64. The van der Waals surface area contributed by atoms with E-state index >= 15 is 0 Å². The third kappa shape index (κ3) is 3.11. The summed E-state index contributed by atoms with van der Waals surface area (Å²) in [6.45, 7) is -0.238. The first-order valence-corrected chi connectivity index (χ1v) is 7.50. The van der Waals surface area contributed by atoms with Gasteiger partial charge in [-0.15, -0.1) is 5.10 Å². The summed E-state index contributed by atoms with van der Waals surface area (Å²) in [4.78, 5) is 24.4. The topological polar surface area (TPSA) is 88.3 Å². The molecule has 1 aromatic carbocycles. The molecule has 2 heterocycles. The number of benzene rings is 1. The van der Waals surface area contributed by atoms with Crippen molar-refractivity contribution in [1.29, 1.82) is 0 Å². The summed E-state index contributed by atoms with van der Waals surface area (Å²) in [7, 11) is 0. The van der Waals surface area contributed by atoms with Crippen molar-refractivity contribution in [2.24, 2.45) is 5.92 Å². The SMILES string of the molecule is O=C(O)C1CCN(C(=O)c2nnn(-c3ccccc3F)c2C(F)(F)F)C1. The van der Waals surface area contributed by atoms with Crippen molar-refractivity contribution in [2.75, 3.05) is 13.1 Å². The summed E-state index contributed by atoms with van der Waals surface area (Å²) in [5, 5.41) is 15.6.